The van der Waals surface area contributed by atoms with Crippen molar-refractivity contribution in [3.63, 3.8) is 0 Å². The first kappa shape index (κ1) is 95.1. The van der Waals surface area contributed by atoms with Gasteiger partial charge in [0.1, 0.15) is 17.3 Å². The van der Waals surface area contributed by atoms with E-state index in [1.54, 1.807) is 0 Å². The number of rotatable bonds is 45. The molecule has 1 atom stereocenters. The Hall–Kier alpha value is -5.93. The highest BCUT2D eigenvalue weighted by molar-refractivity contribution is 7.92. The molecule has 0 radical (unpaired) electrons. The number of carboxylic acid groups (broad SMARTS) is 1. The van der Waals surface area contributed by atoms with Crippen molar-refractivity contribution >= 4 is 80.5 Å². The van der Waals surface area contributed by atoms with Crippen molar-refractivity contribution in [3.05, 3.63) is 24.4 Å². The fraction of sp³-hybridized carbons (Fsp3) is 0.792. The molecule has 1 aliphatic carbocycles. The first-order valence-electron chi connectivity index (χ1n) is 37.2. The summed E-state index contributed by atoms with van der Waals surface area (Å²) in [4.78, 5) is 150. The predicted molar refractivity (Wildman–Crippen MR) is 389 cm³/mol. The molecule has 99 heavy (non-hydrogen) atoms. The molecule has 21 nitrogen and oxygen atoms in total. The second-order valence-electron chi connectivity index (χ2n) is 29.2. The number of carbonyl (C=O) groups excluding carboxylic acids is 11. The fourth-order valence-electron chi connectivity index (χ4n) is 11.2. The third-order valence-corrected chi connectivity index (χ3v) is 18.7. The largest absolute Gasteiger partial charge is 0.481 e. The summed E-state index contributed by atoms with van der Waals surface area (Å²) in [6.07, 6.45) is 33.5. The summed E-state index contributed by atoms with van der Waals surface area (Å²) in [6, 6.07) is 0. The molecule has 0 aromatic heterocycles. The molecular formula is C77H134N4O17S. The van der Waals surface area contributed by atoms with Crippen LogP contribution in [0.1, 0.15) is 328 Å². The average Bonchev–Trinajstić information content (AvgIpc) is 1.67. The first-order chi connectivity index (χ1) is 46.2. The number of imide groups is 2. The van der Waals surface area contributed by atoms with Crippen LogP contribution in [0.25, 0.3) is 0 Å². The van der Waals surface area contributed by atoms with Crippen LogP contribution in [0.15, 0.2) is 24.4 Å². The minimum absolute atomic E-state index is 0. The molecule has 22 heteroatoms. The molecule has 1 unspecified atom stereocenters. The van der Waals surface area contributed by atoms with Crippen molar-refractivity contribution < 1.29 is 80.7 Å². The van der Waals surface area contributed by atoms with Crippen molar-refractivity contribution in [2.45, 2.75) is 333 Å². The Bertz CT molecular complexity index is 2550. The minimum Gasteiger partial charge on any atom is -0.481 e. The maximum Gasteiger partial charge on any atom is 0.333 e. The van der Waals surface area contributed by atoms with E-state index in [4.69, 9.17) is 14.8 Å². The Morgan fingerprint density at radius 2 is 0.899 bits per heavy atom. The normalized spacial score (nSPS) is 16.6. The highest BCUT2D eigenvalue weighted by atomic mass is 32.2. The molecule has 0 aromatic rings. The number of carbonyl (C=O) groups is 12. The zero-order valence-corrected chi connectivity index (χ0v) is 63.3. The van der Waals surface area contributed by atoms with E-state index in [0.717, 1.165) is 131 Å². The van der Waals surface area contributed by atoms with Gasteiger partial charge >= 0.3 is 17.9 Å². The lowest BCUT2D eigenvalue weighted by Crippen LogP contribution is -2.38. The van der Waals surface area contributed by atoms with Crippen molar-refractivity contribution in [1.29, 1.82) is 0 Å². The molecule has 0 aromatic carbocycles. The number of allylic oxidation sites excluding steroid dienone is 1. The zero-order valence-electron chi connectivity index (χ0n) is 62.5. The molecule has 1 saturated carbocycles. The summed E-state index contributed by atoms with van der Waals surface area (Å²) in [5.41, 5.74) is 0.515. The Morgan fingerprint density at radius 3 is 1.26 bits per heavy atom. The molecule has 6 amide bonds. The Morgan fingerprint density at radius 1 is 0.515 bits per heavy atom. The molecular weight excluding hydrogens is 1280 g/mol. The number of carboxylic acids is 1. The van der Waals surface area contributed by atoms with E-state index in [2.05, 4.69) is 88.1 Å². The molecule has 2 saturated heterocycles. The SMILES string of the molecule is C.C=C1CCC(=O)N1OC(=O)CCCC(=O)CCCCCC(C)C.CC(C)CCCCCC(=O)CCCC(=O)O.CC(C)CCCCCC(=O)CCCC(=O)ON1C(=O)CC(S(C)(=O)=O)C1=O.CC(C)CCCCNC(=O)C1CCC(CN2C(=O)C=CC2=O)CC1.CCCCCC(C)C. The van der Waals surface area contributed by atoms with Gasteiger partial charge in [0.05, 0.1) is 12.1 Å². The molecule has 0 bridgehead atoms. The summed E-state index contributed by atoms with van der Waals surface area (Å²) in [7, 11) is -3.75. The van der Waals surface area contributed by atoms with E-state index in [1.807, 2.05) is 0 Å². The van der Waals surface area contributed by atoms with Gasteiger partial charge in [-0.2, -0.15) is 0 Å². The number of nitrogens with one attached hydrogen (secondary N) is 1. The maximum absolute atomic E-state index is 12.2. The van der Waals surface area contributed by atoms with Crippen LogP contribution in [0.3, 0.4) is 0 Å². The van der Waals surface area contributed by atoms with E-state index < -0.39 is 51.2 Å². The zero-order chi connectivity index (χ0) is 74.2. The quantitative estimate of drug-likeness (QED) is 0.0423. The lowest BCUT2D eigenvalue weighted by molar-refractivity contribution is -0.197. The number of unbranched alkanes of at least 4 members (excludes halogenated alkanes) is 9. The van der Waals surface area contributed by atoms with E-state index >= 15 is 0 Å². The Labute approximate surface area is 596 Å². The number of nitrogens with zero attached hydrogens (tertiary/aromatic N) is 3. The monoisotopic (exact) mass is 1420 g/mol. The number of hydrogen-bond donors (Lipinski definition) is 2. The van der Waals surface area contributed by atoms with E-state index in [1.165, 1.54) is 74.8 Å². The summed E-state index contributed by atoms with van der Waals surface area (Å²) in [5, 5.41) is 11.2. The van der Waals surface area contributed by atoms with Crippen LogP contribution < -0.4 is 5.32 Å². The van der Waals surface area contributed by atoms with E-state index in [0.29, 0.717) is 81.9 Å². The van der Waals surface area contributed by atoms with Gasteiger partial charge in [0, 0.05) is 102 Å². The molecule has 4 aliphatic rings. The van der Waals surface area contributed by atoms with Gasteiger partial charge in [-0.05, 0) is 113 Å². The van der Waals surface area contributed by atoms with Gasteiger partial charge in [-0.3, -0.25) is 52.8 Å². The molecule has 3 fully saturated rings. The van der Waals surface area contributed by atoms with Crippen molar-refractivity contribution in [3.8, 4) is 0 Å². The molecule has 2 N–H and O–H groups in total. The van der Waals surface area contributed by atoms with E-state index in [9.17, 15) is 66.0 Å². The number of Topliss-reactive ketones (excluding diaryl/α,β-unsaturated/α-hetero) is 3. The van der Waals surface area contributed by atoms with Gasteiger partial charge in [0.2, 0.25) is 5.91 Å². The third kappa shape index (κ3) is 49.3. The Kier molecular flexibility index (Phi) is 53.5. The van der Waals surface area contributed by atoms with Crippen molar-refractivity contribution in [1.82, 2.24) is 20.3 Å². The molecule has 4 rings (SSSR count). The second-order valence-corrected chi connectivity index (χ2v) is 31.4. The smallest absolute Gasteiger partial charge is 0.333 e. The van der Waals surface area contributed by atoms with Gasteiger partial charge in [-0.1, -0.05) is 186 Å². The predicted octanol–water partition coefficient (Wildman–Crippen LogP) is 15.8. The second kappa shape index (κ2) is 55.7. The topological polar surface area (TPSA) is 299 Å². The van der Waals surface area contributed by atoms with Crippen LogP contribution >= 0.6 is 0 Å². The van der Waals surface area contributed by atoms with Gasteiger partial charge in [-0.15, -0.1) is 10.1 Å². The maximum atomic E-state index is 12.2. The van der Waals surface area contributed by atoms with Crippen LogP contribution in [-0.2, 0) is 77.0 Å². The number of amides is 6. The highest BCUT2D eigenvalue weighted by Gasteiger charge is 2.47. The lowest BCUT2D eigenvalue weighted by Gasteiger charge is -2.30. The van der Waals surface area contributed by atoms with Crippen LogP contribution in [0, 0.1) is 41.4 Å². The molecule has 3 heterocycles. The molecule has 0 spiro atoms. The number of sulfone groups is 1. The van der Waals surface area contributed by atoms with Crippen LogP contribution in [0.4, 0.5) is 0 Å². The number of hydroxylamine groups is 4. The van der Waals surface area contributed by atoms with E-state index in [-0.39, 0.29) is 91.5 Å². The Balaban J connectivity index is 0. The summed E-state index contributed by atoms with van der Waals surface area (Å²) in [5.74, 6) is 0.129. The van der Waals surface area contributed by atoms with Gasteiger partial charge in [0.15, 0.2) is 15.1 Å². The van der Waals surface area contributed by atoms with Crippen LogP contribution in [-0.4, -0.2) is 124 Å². The van der Waals surface area contributed by atoms with Gasteiger partial charge < -0.3 is 20.1 Å². The summed E-state index contributed by atoms with van der Waals surface area (Å²) >= 11 is 0. The fourth-order valence-corrected chi connectivity index (χ4v) is 12.1. The first-order valence-corrected chi connectivity index (χ1v) is 39.2. The number of ketones is 3. The molecule has 570 valence electrons. The lowest BCUT2D eigenvalue weighted by atomic mass is 9.81. The van der Waals surface area contributed by atoms with Crippen molar-refractivity contribution in [2.24, 2.45) is 41.4 Å². The van der Waals surface area contributed by atoms with Crippen molar-refractivity contribution in [2.75, 3.05) is 19.3 Å². The standard InChI is InChI=1S/C19H30N2O3.C18H29NO7S.C18H29NO4.C13H24O3.C8H18.CH4/c1-14(2)5-3-4-12-20-19(24)16-8-6-15(7-9-16)13-21-17(22)10-11-18(21)23;1-13(2)8-5-4-6-9-14(20)10-7-11-17(22)26-19-16(21)12-15(18(19)23)27(3,24)25;1-14(2)8-5-4-6-9-16(20)10-7-11-18(22)23-19-15(3)12-13-17(19)21;1-11(2)7-4-3-5-8-12(14)9-6-10-13(15)16;1-4-5-6-7-8(2)3;/h10-11,14-16H,3-9,12-13H2,1-2H3,(H,20,24);13,15H,4-12H2,1-3H3;14H,3-13H2,1-2H3;11H,3-10H2,1-2H3,(H,15,16);8H,4-7H2,1-3H3;1H4. The minimum atomic E-state index is -3.75. The number of aliphatic carboxylic acids is 1. The number of hydrogen-bond acceptors (Lipinski definition) is 16. The van der Waals surface area contributed by atoms with Crippen LogP contribution in [0.5, 0.6) is 0 Å². The summed E-state index contributed by atoms with van der Waals surface area (Å²) in [6.45, 7) is 29.4. The highest BCUT2D eigenvalue weighted by Crippen LogP contribution is 2.31. The third-order valence-electron chi connectivity index (χ3n) is 17.3. The summed E-state index contributed by atoms with van der Waals surface area (Å²) < 4.78 is 22.9. The van der Waals surface area contributed by atoms with Crippen LogP contribution in [0.2, 0.25) is 0 Å². The molecule has 3 aliphatic heterocycles. The van der Waals surface area contributed by atoms with Gasteiger partial charge in [-0.25, -0.2) is 18.0 Å². The van der Waals surface area contributed by atoms with Gasteiger partial charge in [0.25, 0.3) is 29.5 Å². The average molecular weight is 1420 g/mol.